The summed E-state index contributed by atoms with van der Waals surface area (Å²) in [7, 11) is 0. The van der Waals surface area contributed by atoms with Gasteiger partial charge in [0.05, 0.1) is 18.7 Å². The summed E-state index contributed by atoms with van der Waals surface area (Å²) in [5, 5.41) is 3.25. The van der Waals surface area contributed by atoms with Gasteiger partial charge in [-0.1, -0.05) is 30.3 Å². The molecular weight excluding hydrogens is 272 g/mol. The lowest BCUT2D eigenvalue weighted by Gasteiger charge is -2.38. The summed E-state index contributed by atoms with van der Waals surface area (Å²) >= 11 is 1.78. The molecular formula is C15H20N2O2S. The molecule has 0 unspecified atom stereocenters. The van der Waals surface area contributed by atoms with Gasteiger partial charge in [0.25, 0.3) is 0 Å². The number of morpholine rings is 1. The molecule has 2 fully saturated rings. The van der Waals surface area contributed by atoms with E-state index in [1.165, 1.54) is 0 Å². The zero-order chi connectivity index (χ0) is 13.9. The van der Waals surface area contributed by atoms with E-state index in [-0.39, 0.29) is 24.2 Å². The predicted molar refractivity (Wildman–Crippen MR) is 80.6 cm³/mol. The zero-order valence-electron chi connectivity index (χ0n) is 11.6. The molecule has 2 heterocycles. The van der Waals surface area contributed by atoms with Crippen molar-refractivity contribution in [3.05, 3.63) is 35.9 Å². The Bertz CT molecular complexity index is 462. The molecule has 3 rings (SSSR count). The molecule has 1 amide bonds. The van der Waals surface area contributed by atoms with Crippen LogP contribution in [0.2, 0.25) is 0 Å². The van der Waals surface area contributed by atoms with Crippen molar-refractivity contribution in [3.63, 3.8) is 0 Å². The van der Waals surface area contributed by atoms with E-state index in [1.807, 2.05) is 30.0 Å². The molecule has 108 valence electrons. The van der Waals surface area contributed by atoms with Gasteiger partial charge in [0.15, 0.2) is 0 Å². The minimum Gasteiger partial charge on any atom is -0.367 e. The highest BCUT2D eigenvalue weighted by atomic mass is 32.2. The van der Waals surface area contributed by atoms with Gasteiger partial charge in [-0.2, -0.15) is 0 Å². The van der Waals surface area contributed by atoms with E-state index in [4.69, 9.17) is 4.74 Å². The summed E-state index contributed by atoms with van der Waals surface area (Å²) in [4.78, 5) is 14.5. The quantitative estimate of drug-likeness (QED) is 0.900. The lowest BCUT2D eigenvalue weighted by atomic mass is 10.1. The average molecular weight is 292 g/mol. The first-order chi connectivity index (χ1) is 9.74. The molecule has 20 heavy (non-hydrogen) atoms. The molecule has 2 aliphatic rings. The standard InChI is InChI=1S/C15H20N2O2S/c1-11-7-17(15(18)13-9-20-10-16-13)8-14(19-11)12-5-3-2-4-6-12/h2-6,11,13-14,16H,7-10H2,1H3/t11-,13+,14+/m1/s1. The summed E-state index contributed by atoms with van der Waals surface area (Å²) in [6, 6.07) is 10.1. The van der Waals surface area contributed by atoms with Crippen molar-refractivity contribution < 1.29 is 9.53 Å². The third-order valence-corrected chi connectivity index (χ3v) is 4.70. The number of thioether (sulfide) groups is 1. The van der Waals surface area contributed by atoms with Crippen molar-refractivity contribution in [2.75, 3.05) is 24.7 Å². The van der Waals surface area contributed by atoms with Crippen LogP contribution in [0.25, 0.3) is 0 Å². The van der Waals surface area contributed by atoms with Crippen molar-refractivity contribution in [2.24, 2.45) is 0 Å². The van der Waals surface area contributed by atoms with Crippen LogP contribution in [-0.2, 0) is 9.53 Å². The summed E-state index contributed by atoms with van der Waals surface area (Å²) in [6.07, 6.45) is 0.0601. The Morgan fingerprint density at radius 2 is 2.15 bits per heavy atom. The highest BCUT2D eigenvalue weighted by Crippen LogP contribution is 2.26. The van der Waals surface area contributed by atoms with Crippen molar-refractivity contribution in [1.29, 1.82) is 0 Å². The van der Waals surface area contributed by atoms with Gasteiger partial charge in [-0.25, -0.2) is 0 Å². The van der Waals surface area contributed by atoms with Crippen molar-refractivity contribution >= 4 is 17.7 Å². The summed E-state index contributed by atoms with van der Waals surface area (Å²) in [6.45, 7) is 3.37. The average Bonchev–Trinajstić information content (AvgIpc) is 3.01. The Morgan fingerprint density at radius 1 is 1.35 bits per heavy atom. The van der Waals surface area contributed by atoms with Crippen molar-refractivity contribution in [2.45, 2.75) is 25.2 Å². The Labute approximate surface area is 123 Å². The van der Waals surface area contributed by atoms with E-state index in [0.29, 0.717) is 13.1 Å². The van der Waals surface area contributed by atoms with Crippen LogP contribution in [0.5, 0.6) is 0 Å². The number of carbonyl (C=O) groups is 1. The lowest BCUT2D eigenvalue weighted by Crippen LogP contribution is -2.52. The fourth-order valence-corrected chi connectivity index (χ4v) is 3.69. The first-order valence-corrected chi connectivity index (χ1v) is 8.20. The molecule has 0 radical (unpaired) electrons. The molecule has 1 aromatic rings. The predicted octanol–water partition coefficient (Wildman–Crippen LogP) is 1.64. The van der Waals surface area contributed by atoms with Gasteiger partial charge in [-0.3, -0.25) is 10.1 Å². The van der Waals surface area contributed by atoms with E-state index in [0.717, 1.165) is 17.2 Å². The number of nitrogens with zero attached hydrogens (tertiary/aromatic N) is 1. The highest BCUT2D eigenvalue weighted by molar-refractivity contribution is 7.99. The van der Waals surface area contributed by atoms with E-state index in [2.05, 4.69) is 17.4 Å². The van der Waals surface area contributed by atoms with Crippen molar-refractivity contribution in [1.82, 2.24) is 10.2 Å². The van der Waals surface area contributed by atoms with Crippen LogP contribution < -0.4 is 5.32 Å². The third kappa shape index (κ3) is 3.00. The molecule has 0 aliphatic carbocycles. The van der Waals surface area contributed by atoms with Gasteiger partial charge < -0.3 is 9.64 Å². The molecule has 4 nitrogen and oxygen atoms in total. The lowest BCUT2D eigenvalue weighted by molar-refractivity contribution is -0.146. The van der Waals surface area contributed by atoms with Crippen LogP contribution in [0, 0.1) is 0 Å². The number of amides is 1. The maximum atomic E-state index is 12.5. The van der Waals surface area contributed by atoms with E-state index in [1.54, 1.807) is 11.8 Å². The number of hydrogen-bond donors (Lipinski definition) is 1. The number of rotatable bonds is 2. The molecule has 5 heteroatoms. The third-order valence-electron chi connectivity index (χ3n) is 3.76. The summed E-state index contributed by atoms with van der Waals surface area (Å²) in [5.74, 6) is 1.96. The molecule has 1 N–H and O–H groups in total. The van der Waals surface area contributed by atoms with Crippen LogP contribution >= 0.6 is 11.8 Å². The molecule has 2 saturated heterocycles. The highest BCUT2D eigenvalue weighted by Gasteiger charge is 2.33. The van der Waals surface area contributed by atoms with Gasteiger partial charge >= 0.3 is 0 Å². The normalized spacial score (nSPS) is 30.4. The van der Waals surface area contributed by atoms with E-state index < -0.39 is 0 Å². The Morgan fingerprint density at radius 3 is 2.85 bits per heavy atom. The first kappa shape index (κ1) is 13.9. The second kappa shape index (κ2) is 6.16. The topological polar surface area (TPSA) is 41.6 Å². The maximum absolute atomic E-state index is 12.5. The Balaban J connectivity index is 1.71. The number of hydrogen-bond acceptors (Lipinski definition) is 4. The number of benzene rings is 1. The number of carbonyl (C=O) groups excluding carboxylic acids is 1. The first-order valence-electron chi connectivity index (χ1n) is 7.04. The van der Waals surface area contributed by atoms with E-state index in [9.17, 15) is 4.79 Å². The molecule has 0 saturated carbocycles. The SMILES string of the molecule is C[C@@H]1CN(C(=O)[C@@H]2CSCN2)C[C@@H](c2ccccc2)O1. The largest absolute Gasteiger partial charge is 0.367 e. The second-order valence-corrected chi connectivity index (χ2v) is 6.39. The minimum atomic E-state index is -0.0262. The van der Waals surface area contributed by atoms with Crippen LogP contribution in [-0.4, -0.2) is 47.7 Å². The molecule has 0 bridgehead atoms. The van der Waals surface area contributed by atoms with Gasteiger partial charge in [0, 0.05) is 18.2 Å². The molecule has 1 aromatic carbocycles. The molecule has 0 spiro atoms. The maximum Gasteiger partial charge on any atom is 0.240 e. The van der Waals surface area contributed by atoms with E-state index >= 15 is 0 Å². The van der Waals surface area contributed by atoms with Crippen LogP contribution in [0.15, 0.2) is 30.3 Å². The fraction of sp³-hybridized carbons (Fsp3) is 0.533. The van der Waals surface area contributed by atoms with Crippen LogP contribution in [0.1, 0.15) is 18.6 Å². The van der Waals surface area contributed by atoms with Gasteiger partial charge in [0.1, 0.15) is 6.10 Å². The van der Waals surface area contributed by atoms with Gasteiger partial charge in [-0.05, 0) is 12.5 Å². The fourth-order valence-electron chi connectivity index (χ4n) is 2.76. The zero-order valence-corrected chi connectivity index (χ0v) is 12.4. The van der Waals surface area contributed by atoms with Crippen LogP contribution in [0.4, 0.5) is 0 Å². The molecule has 2 aliphatic heterocycles. The minimum absolute atomic E-state index is 0.0158. The Hall–Kier alpha value is -1.04. The Kier molecular flexibility index (Phi) is 4.29. The monoisotopic (exact) mass is 292 g/mol. The summed E-state index contributed by atoms with van der Waals surface area (Å²) in [5.41, 5.74) is 1.14. The number of nitrogens with one attached hydrogen (secondary N) is 1. The van der Waals surface area contributed by atoms with Crippen LogP contribution in [0.3, 0.4) is 0 Å². The van der Waals surface area contributed by atoms with Crippen molar-refractivity contribution in [3.8, 4) is 0 Å². The molecule has 0 aromatic heterocycles. The van der Waals surface area contributed by atoms with Gasteiger partial charge in [-0.15, -0.1) is 11.8 Å². The van der Waals surface area contributed by atoms with Gasteiger partial charge in [0.2, 0.25) is 5.91 Å². The second-order valence-electron chi connectivity index (χ2n) is 5.36. The molecule has 3 atom stereocenters. The summed E-state index contributed by atoms with van der Waals surface area (Å²) < 4.78 is 6.00. The smallest absolute Gasteiger partial charge is 0.240 e. The number of ether oxygens (including phenoxy) is 1.